The van der Waals surface area contributed by atoms with E-state index in [-0.39, 0.29) is 12.5 Å². The summed E-state index contributed by atoms with van der Waals surface area (Å²) in [4.78, 5) is 25.3. The molecule has 1 aromatic carbocycles. The number of carbonyl (C=O) groups excluding carboxylic acids is 1. The zero-order valence-electron chi connectivity index (χ0n) is 12.1. The van der Waals surface area contributed by atoms with Crippen molar-refractivity contribution in [3.8, 4) is 5.69 Å². The lowest BCUT2D eigenvalue weighted by atomic mass is 9.90. The molecule has 1 amide bonds. The third kappa shape index (κ3) is 2.45. The molecule has 1 aliphatic heterocycles. The fourth-order valence-electron chi connectivity index (χ4n) is 2.60. The van der Waals surface area contributed by atoms with Gasteiger partial charge in [0, 0.05) is 24.3 Å². The first-order valence-corrected chi connectivity index (χ1v) is 6.97. The smallest absolute Gasteiger partial charge is 0.311 e. The van der Waals surface area contributed by atoms with Crippen molar-refractivity contribution in [1.29, 1.82) is 0 Å². The number of aromatic nitrogens is 3. The molecule has 22 heavy (non-hydrogen) atoms. The van der Waals surface area contributed by atoms with E-state index in [0.29, 0.717) is 18.5 Å². The molecule has 7 nitrogen and oxygen atoms in total. The molecule has 1 aromatic heterocycles. The molecule has 3 rings (SSSR count). The highest BCUT2D eigenvalue weighted by atomic mass is 16.4. The highest BCUT2D eigenvalue weighted by Crippen LogP contribution is 2.31. The standard InChI is InChI=1S/C15H16N4O3/c1-15(14(21)22)6-7-18(8-15)13(20)11-2-4-12(5-3-11)19-9-16-17-10-19/h2-5,9-10H,6-8H2,1H3,(H,21,22). The van der Waals surface area contributed by atoms with E-state index in [2.05, 4.69) is 10.2 Å². The van der Waals surface area contributed by atoms with E-state index >= 15 is 0 Å². The molecule has 1 aliphatic rings. The summed E-state index contributed by atoms with van der Waals surface area (Å²) < 4.78 is 1.74. The number of aliphatic carboxylic acids is 1. The predicted molar refractivity (Wildman–Crippen MR) is 77.6 cm³/mol. The van der Waals surface area contributed by atoms with Crippen LogP contribution in [0.4, 0.5) is 0 Å². The normalized spacial score (nSPS) is 21.0. The second-order valence-electron chi connectivity index (χ2n) is 5.76. The van der Waals surface area contributed by atoms with E-state index in [1.54, 1.807) is 41.2 Å². The van der Waals surface area contributed by atoms with Gasteiger partial charge in [-0.15, -0.1) is 10.2 Å². The quantitative estimate of drug-likeness (QED) is 0.920. The number of nitrogens with zero attached hydrogens (tertiary/aromatic N) is 4. The zero-order valence-corrected chi connectivity index (χ0v) is 12.1. The lowest BCUT2D eigenvalue weighted by Gasteiger charge is -2.20. The Morgan fingerprint density at radius 2 is 1.82 bits per heavy atom. The van der Waals surface area contributed by atoms with Gasteiger partial charge in [0.05, 0.1) is 5.41 Å². The predicted octanol–water partition coefficient (Wildman–Crippen LogP) is 1.20. The summed E-state index contributed by atoms with van der Waals surface area (Å²) in [5.74, 6) is -0.994. The lowest BCUT2D eigenvalue weighted by Crippen LogP contribution is -2.34. The molecule has 2 heterocycles. The van der Waals surface area contributed by atoms with Crippen molar-refractivity contribution in [2.45, 2.75) is 13.3 Å². The van der Waals surface area contributed by atoms with Crippen molar-refractivity contribution in [2.24, 2.45) is 5.41 Å². The van der Waals surface area contributed by atoms with Crippen LogP contribution in [-0.4, -0.2) is 49.7 Å². The van der Waals surface area contributed by atoms with E-state index < -0.39 is 11.4 Å². The van der Waals surface area contributed by atoms with Gasteiger partial charge in [0.2, 0.25) is 0 Å². The molecule has 2 aromatic rings. The van der Waals surface area contributed by atoms with Gasteiger partial charge in [-0.1, -0.05) is 0 Å². The van der Waals surface area contributed by atoms with Crippen molar-refractivity contribution in [3.05, 3.63) is 42.5 Å². The van der Waals surface area contributed by atoms with Crippen molar-refractivity contribution in [1.82, 2.24) is 19.7 Å². The number of hydrogen-bond acceptors (Lipinski definition) is 4. The molecule has 114 valence electrons. The highest BCUT2D eigenvalue weighted by Gasteiger charge is 2.42. The van der Waals surface area contributed by atoms with Gasteiger partial charge in [-0.3, -0.25) is 14.2 Å². The third-order valence-electron chi connectivity index (χ3n) is 4.11. The number of carboxylic acid groups (broad SMARTS) is 1. The molecule has 1 atom stereocenters. The van der Waals surface area contributed by atoms with Crippen molar-refractivity contribution in [3.63, 3.8) is 0 Å². The highest BCUT2D eigenvalue weighted by molar-refractivity contribution is 5.95. The molecule has 0 saturated carbocycles. The van der Waals surface area contributed by atoms with Crippen molar-refractivity contribution >= 4 is 11.9 Å². The van der Waals surface area contributed by atoms with E-state index in [9.17, 15) is 14.7 Å². The van der Waals surface area contributed by atoms with E-state index in [4.69, 9.17) is 0 Å². The number of carboxylic acids is 1. The molecule has 0 spiro atoms. The molecule has 1 fully saturated rings. The second-order valence-corrected chi connectivity index (χ2v) is 5.76. The van der Waals surface area contributed by atoms with Crippen LogP contribution < -0.4 is 0 Å². The maximum atomic E-state index is 12.5. The minimum absolute atomic E-state index is 0.139. The van der Waals surface area contributed by atoms with Gasteiger partial charge in [0.15, 0.2) is 0 Å². The van der Waals surface area contributed by atoms with Crippen LogP contribution >= 0.6 is 0 Å². The van der Waals surface area contributed by atoms with Crippen LogP contribution in [0.5, 0.6) is 0 Å². The van der Waals surface area contributed by atoms with Crippen LogP contribution in [0.1, 0.15) is 23.7 Å². The minimum Gasteiger partial charge on any atom is -0.481 e. The van der Waals surface area contributed by atoms with Crippen molar-refractivity contribution in [2.75, 3.05) is 13.1 Å². The zero-order chi connectivity index (χ0) is 15.7. The van der Waals surface area contributed by atoms with Gasteiger partial charge in [-0.25, -0.2) is 0 Å². The van der Waals surface area contributed by atoms with Gasteiger partial charge in [-0.05, 0) is 37.6 Å². The molecule has 0 radical (unpaired) electrons. The molecule has 1 saturated heterocycles. The van der Waals surface area contributed by atoms with Crippen LogP contribution in [0, 0.1) is 5.41 Å². The van der Waals surface area contributed by atoms with Crippen LogP contribution in [0.2, 0.25) is 0 Å². The summed E-state index contributed by atoms with van der Waals surface area (Å²) in [6.07, 6.45) is 3.64. The summed E-state index contributed by atoms with van der Waals surface area (Å²) >= 11 is 0. The summed E-state index contributed by atoms with van der Waals surface area (Å²) in [5.41, 5.74) is 0.558. The van der Waals surface area contributed by atoms with Gasteiger partial charge < -0.3 is 10.0 Å². The summed E-state index contributed by atoms with van der Waals surface area (Å²) in [6, 6.07) is 7.08. The Balaban J connectivity index is 1.75. The van der Waals surface area contributed by atoms with Crippen LogP contribution in [0.15, 0.2) is 36.9 Å². The van der Waals surface area contributed by atoms with Gasteiger partial charge in [-0.2, -0.15) is 0 Å². The van der Waals surface area contributed by atoms with E-state index in [1.165, 1.54) is 0 Å². The largest absolute Gasteiger partial charge is 0.481 e. The number of amides is 1. The molecule has 0 aliphatic carbocycles. The Labute approximate surface area is 127 Å². The Hall–Kier alpha value is -2.70. The average Bonchev–Trinajstić information content (AvgIpc) is 3.17. The average molecular weight is 300 g/mol. The second kappa shape index (κ2) is 5.25. The monoisotopic (exact) mass is 300 g/mol. The van der Waals surface area contributed by atoms with Gasteiger partial charge in [0.1, 0.15) is 12.7 Å². The fourth-order valence-corrected chi connectivity index (χ4v) is 2.60. The summed E-state index contributed by atoms with van der Waals surface area (Å²) in [5, 5.41) is 16.7. The number of hydrogen-bond donors (Lipinski definition) is 1. The maximum Gasteiger partial charge on any atom is 0.311 e. The lowest BCUT2D eigenvalue weighted by molar-refractivity contribution is -0.147. The maximum absolute atomic E-state index is 12.5. The molecular formula is C15H16N4O3. The number of rotatable bonds is 3. The Bertz CT molecular complexity index is 696. The first-order valence-electron chi connectivity index (χ1n) is 6.97. The Kier molecular flexibility index (Phi) is 3.40. The van der Waals surface area contributed by atoms with E-state index in [1.807, 2.05) is 12.1 Å². The Morgan fingerprint density at radius 1 is 1.18 bits per heavy atom. The Morgan fingerprint density at radius 3 is 2.36 bits per heavy atom. The number of likely N-dealkylation sites (tertiary alicyclic amines) is 1. The molecule has 0 bridgehead atoms. The topological polar surface area (TPSA) is 88.3 Å². The van der Waals surface area contributed by atoms with Gasteiger partial charge in [0.25, 0.3) is 5.91 Å². The SMILES string of the molecule is CC1(C(=O)O)CCN(C(=O)c2ccc(-n3cnnc3)cc2)C1. The first-order chi connectivity index (χ1) is 10.5. The van der Waals surface area contributed by atoms with E-state index in [0.717, 1.165) is 5.69 Å². The molecular weight excluding hydrogens is 284 g/mol. The number of benzene rings is 1. The molecule has 7 heteroatoms. The molecule has 1 unspecified atom stereocenters. The minimum atomic E-state index is -0.856. The van der Waals surface area contributed by atoms with Crippen molar-refractivity contribution < 1.29 is 14.7 Å². The molecule has 1 N–H and O–H groups in total. The first kappa shape index (κ1) is 14.2. The van der Waals surface area contributed by atoms with Crippen LogP contribution in [0.3, 0.4) is 0 Å². The fraction of sp³-hybridized carbons (Fsp3) is 0.333. The van der Waals surface area contributed by atoms with Crippen LogP contribution in [-0.2, 0) is 4.79 Å². The van der Waals surface area contributed by atoms with Crippen LogP contribution in [0.25, 0.3) is 5.69 Å². The number of carbonyl (C=O) groups is 2. The summed E-state index contributed by atoms with van der Waals surface area (Å²) in [7, 11) is 0. The third-order valence-corrected chi connectivity index (χ3v) is 4.11. The summed E-state index contributed by atoms with van der Waals surface area (Å²) in [6.45, 7) is 2.39. The van der Waals surface area contributed by atoms with Gasteiger partial charge >= 0.3 is 5.97 Å².